The SMILES string of the molecule is CC(C)(C)c1cc2ccnc3c2c(n1)C1(CCCC1)c1cc2ccccc2[c-]c1-3.CCC(CC)C(=O)/C=C(\O)C(CC)CC.[Ir]. The van der Waals surface area contributed by atoms with Gasteiger partial charge in [-0.15, -0.1) is 23.6 Å². The number of rotatable bonds is 7. The van der Waals surface area contributed by atoms with Gasteiger partial charge in [-0.05, 0) is 61.4 Å². The first kappa shape index (κ1) is 35.0. The van der Waals surface area contributed by atoms with Crippen LogP contribution in [0.1, 0.15) is 117 Å². The molecule has 1 saturated carbocycles. The summed E-state index contributed by atoms with van der Waals surface area (Å²) in [6, 6.07) is 19.2. The maximum Gasteiger partial charge on any atom is 0.162 e. The van der Waals surface area contributed by atoms with E-state index in [9.17, 15) is 9.90 Å². The van der Waals surface area contributed by atoms with Crippen molar-refractivity contribution in [2.75, 3.05) is 0 Å². The van der Waals surface area contributed by atoms with Gasteiger partial charge in [0.25, 0.3) is 0 Å². The number of carbonyl (C=O) groups is 1. The van der Waals surface area contributed by atoms with Gasteiger partial charge in [-0.2, -0.15) is 0 Å². The van der Waals surface area contributed by atoms with Crippen molar-refractivity contribution >= 4 is 27.3 Å². The molecule has 45 heavy (non-hydrogen) atoms. The Morgan fingerprint density at radius 1 is 0.956 bits per heavy atom. The van der Waals surface area contributed by atoms with Gasteiger partial charge in [0, 0.05) is 72.1 Å². The summed E-state index contributed by atoms with van der Waals surface area (Å²) < 4.78 is 0. The molecule has 0 amide bonds. The van der Waals surface area contributed by atoms with Crippen molar-refractivity contribution in [2.24, 2.45) is 11.8 Å². The second kappa shape index (κ2) is 14.3. The van der Waals surface area contributed by atoms with E-state index in [1.54, 1.807) is 0 Å². The van der Waals surface area contributed by atoms with Crippen molar-refractivity contribution in [3.8, 4) is 11.3 Å². The molecule has 0 saturated heterocycles. The molecule has 4 aromatic rings. The number of hydrogen-bond acceptors (Lipinski definition) is 4. The van der Waals surface area contributed by atoms with Crippen molar-refractivity contribution < 1.29 is 30.0 Å². The molecule has 2 aromatic heterocycles. The van der Waals surface area contributed by atoms with Crippen LogP contribution in [-0.4, -0.2) is 20.9 Å². The normalized spacial score (nSPS) is 15.3. The molecule has 1 spiro atoms. The van der Waals surface area contributed by atoms with E-state index in [1.807, 2.05) is 33.9 Å². The average Bonchev–Trinajstić information content (AvgIpc) is 3.51. The number of allylic oxidation sites excluding steroid dienone is 2. The fraction of sp³-hybridized carbons (Fsp3) is 0.475. The first-order valence-electron chi connectivity index (χ1n) is 16.8. The molecular weight excluding hydrogens is 733 g/mol. The molecule has 0 bridgehead atoms. The van der Waals surface area contributed by atoms with Gasteiger partial charge in [-0.1, -0.05) is 96.0 Å². The predicted molar refractivity (Wildman–Crippen MR) is 183 cm³/mol. The summed E-state index contributed by atoms with van der Waals surface area (Å²) in [6.45, 7) is 14.8. The molecule has 241 valence electrons. The molecule has 0 aliphatic heterocycles. The van der Waals surface area contributed by atoms with Crippen molar-refractivity contribution in [3.05, 3.63) is 83.5 Å². The summed E-state index contributed by atoms with van der Waals surface area (Å²) in [5.74, 6) is 0.547. The molecule has 0 atom stereocenters. The van der Waals surface area contributed by atoms with Crippen LogP contribution in [0.3, 0.4) is 0 Å². The van der Waals surface area contributed by atoms with E-state index < -0.39 is 0 Å². The summed E-state index contributed by atoms with van der Waals surface area (Å²) in [6.07, 6.45) is 11.7. The minimum atomic E-state index is -0.00852. The second-order valence-electron chi connectivity index (χ2n) is 13.8. The van der Waals surface area contributed by atoms with Gasteiger partial charge in [0.15, 0.2) is 5.78 Å². The summed E-state index contributed by atoms with van der Waals surface area (Å²) in [7, 11) is 0. The topological polar surface area (TPSA) is 63.1 Å². The average molecular weight is 782 g/mol. The maximum atomic E-state index is 11.7. The Balaban J connectivity index is 0.000000249. The zero-order chi connectivity index (χ0) is 31.6. The predicted octanol–water partition coefficient (Wildman–Crippen LogP) is 10.6. The molecule has 1 radical (unpaired) electrons. The number of hydrogen-bond donors (Lipinski definition) is 1. The summed E-state index contributed by atoms with van der Waals surface area (Å²) in [5, 5.41) is 14.7. The van der Waals surface area contributed by atoms with Crippen LogP contribution in [-0.2, 0) is 35.7 Å². The maximum absolute atomic E-state index is 11.7. The van der Waals surface area contributed by atoms with Gasteiger partial charge >= 0.3 is 0 Å². The van der Waals surface area contributed by atoms with Gasteiger partial charge in [-0.25, -0.2) is 0 Å². The van der Waals surface area contributed by atoms with Crippen LogP contribution in [0, 0.1) is 17.9 Å². The summed E-state index contributed by atoms with van der Waals surface area (Å²) in [5.41, 5.74) is 6.08. The molecule has 5 heteroatoms. The van der Waals surface area contributed by atoms with E-state index in [-0.39, 0.29) is 54.3 Å². The molecule has 1 N–H and O–H groups in total. The van der Waals surface area contributed by atoms with Crippen LogP contribution in [0.15, 0.2) is 60.5 Å². The number of benzene rings is 2. The number of carbonyl (C=O) groups excluding carboxylic acids is 1. The van der Waals surface area contributed by atoms with Crippen molar-refractivity contribution in [1.82, 2.24) is 9.97 Å². The molecular formula is C40H49IrN2O2-. The van der Waals surface area contributed by atoms with Crippen LogP contribution in [0.5, 0.6) is 0 Å². The van der Waals surface area contributed by atoms with Crippen molar-refractivity contribution in [3.63, 3.8) is 0 Å². The Kier molecular flexibility index (Phi) is 11.1. The van der Waals surface area contributed by atoms with Gasteiger partial charge in [0.2, 0.25) is 0 Å². The number of fused-ring (bicyclic) bond motifs is 5. The number of pyridine rings is 2. The quantitative estimate of drug-likeness (QED) is 0.115. The first-order valence-corrected chi connectivity index (χ1v) is 16.8. The third kappa shape index (κ3) is 6.67. The van der Waals surface area contributed by atoms with Gasteiger partial charge in [0.1, 0.15) is 0 Å². The van der Waals surface area contributed by atoms with Crippen LogP contribution in [0.4, 0.5) is 0 Å². The number of nitrogens with zero attached hydrogens (tertiary/aromatic N) is 2. The van der Waals surface area contributed by atoms with Crippen molar-refractivity contribution in [2.45, 2.75) is 111 Å². The number of aliphatic hydroxyl groups is 1. The van der Waals surface area contributed by atoms with E-state index in [4.69, 9.17) is 9.97 Å². The number of aromatic nitrogens is 2. The van der Waals surface area contributed by atoms with Crippen LogP contribution in [0.25, 0.3) is 32.8 Å². The van der Waals surface area contributed by atoms with Crippen molar-refractivity contribution in [1.29, 1.82) is 0 Å². The van der Waals surface area contributed by atoms with E-state index >= 15 is 0 Å². The largest absolute Gasteiger partial charge is 0.512 e. The third-order valence-electron chi connectivity index (χ3n) is 10.0. The van der Waals surface area contributed by atoms with Gasteiger partial charge in [0.05, 0.1) is 5.76 Å². The Morgan fingerprint density at radius 3 is 2.22 bits per heavy atom. The zero-order valence-corrected chi connectivity index (χ0v) is 30.5. The van der Waals surface area contributed by atoms with E-state index in [0.29, 0.717) is 0 Å². The number of aliphatic hydroxyl groups excluding tert-OH is 1. The monoisotopic (exact) mass is 782 g/mol. The Labute approximate surface area is 283 Å². The van der Waals surface area contributed by atoms with Gasteiger partial charge in [-0.3, -0.25) is 14.8 Å². The second-order valence-corrected chi connectivity index (χ2v) is 13.8. The van der Waals surface area contributed by atoms with Gasteiger partial charge < -0.3 is 5.11 Å². The molecule has 4 nitrogen and oxygen atoms in total. The first-order chi connectivity index (χ1) is 21.1. The van der Waals surface area contributed by atoms with Crippen LogP contribution in [0.2, 0.25) is 0 Å². The minimum Gasteiger partial charge on any atom is -0.512 e. The minimum absolute atomic E-state index is 0. The van der Waals surface area contributed by atoms with E-state index in [1.165, 1.54) is 63.0 Å². The van der Waals surface area contributed by atoms with E-state index in [0.717, 1.165) is 44.2 Å². The molecule has 2 aliphatic carbocycles. The zero-order valence-electron chi connectivity index (χ0n) is 28.1. The molecule has 2 heterocycles. The summed E-state index contributed by atoms with van der Waals surface area (Å²) in [4.78, 5) is 21.9. The third-order valence-corrected chi connectivity index (χ3v) is 10.0. The number of ketones is 1. The molecule has 0 unspecified atom stereocenters. The molecule has 6 rings (SSSR count). The van der Waals surface area contributed by atoms with Crippen LogP contribution >= 0.6 is 0 Å². The van der Waals surface area contributed by atoms with Crippen LogP contribution < -0.4 is 0 Å². The fourth-order valence-electron chi connectivity index (χ4n) is 7.24. The Hall–Kier alpha value is -2.88. The standard InChI is InChI=1S/C27H25N2.C13H24O2.Ir/c1-26(2,3)22-16-19-10-13-28-24-20-14-17-8-4-5-9-18(17)15-21(20)27(11-6-7-12-27)25(29-22)23(19)24;1-5-10(6-2)12(14)9-13(15)11(7-3)8-4;/h4-5,8-10,13,15-16H,6-7,11-12H2,1-3H3;9-11,14H,5-8H2,1-4H3;/q-1;;/b;12-9-;. The summed E-state index contributed by atoms with van der Waals surface area (Å²) >= 11 is 0. The fourth-order valence-corrected chi connectivity index (χ4v) is 7.24. The Morgan fingerprint density at radius 2 is 1.60 bits per heavy atom. The smallest absolute Gasteiger partial charge is 0.162 e. The molecule has 2 aromatic carbocycles. The van der Waals surface area contributed by atoms with E-state index in [2.05, 4.69) is 69.3 Å². The Bertz CT molecular complexity index is 1690. The molecule has 1 fully saturated rings. The molecule has 2 aliphatic rings.